The van der Waals surface area contributed by atoms with Gasteiger partial charge in [0.25, 0.3) is 0 Å². The Morgan fingerprint density at radius 2 is 1.88 bits per heavy atom. The topological polar surface area (TPSA) is 156 Å². The predicted octanol–water partition coefficient (Wildman–Crippen LogP) is -2.09. The molecule has 2 unspecified atom stereocenters. The number of nitrogens with one attached hydrogen (secondary N) is 2. The quantitative estimate of drug-likeness (QED) is 0.399. The molecule has 2 atom stereocenters. The molecule has 2 heterocycles. The summed E-state index contributed by atoms with van der Waals surface area (Å²) in [5.41, 5.74) is 0. The largest absolute Gasteiger partial charge is 0.549 e. The van der Waals surface area contributed by atoms with Gasteiger partial charge in [-0.3, -0.25) is 14.4 Å². The number of hydrogen-bond acceptors (Lipinski definition) is 8. The smallest absolute Gasteiger partial charge is 0.243 e. The molecular formula is C20H24FN4O7S2-. The number of aliphatic carboxylic acids is 1. The minimum absolute atomic E-state index is 0.0289. The number of sulfonamides is 1. The van der Waals surface area contributed by atoms with Crippen molar-refractivity contribution in [2.45, 2.75) is 29.8 Å². The molecule has 0 saturated carbocycles. The first-order valence-corrected chi connectivity index (χ1v) is 13.1. The first-order chi connectivity index (χ1) is 16.1. The Morgan fingerprint density at radius 3 is 2.53 bits per heavy atom. The number of rotatable bonds is 8. The van der Waals surface area contributed by atoms with E-state index in [9.17, 15) is 37.1 Å². The molecule has 186 valence electrons. The number of carboxylic acids is 1. The van der Waals surface area contributed by atoms with Crippen LogP contribution in [0.2, 0.25) is 0 Å². The average molecular weight is 516 g/mol. The number of carbonyl (C=O) groups is 4. The number of amides is 3. The number of piperazine rings is 1. The molecule has 0 bridgehead atoms. The minimum Gasteiger partial charge on any atom is -0.549 e. The summed E-state index contributed by atoms with van der Waals surface area (Å²) in [4.78, 5) is 49.4. The van der Waals surface area contributed by atoms with Crippen molar-refractivity contribution >= 4 is 45.5 Å². The molecule has 34 heavy (non-hydrogen) atoms. The van der Waals surface area contributed by atoms with Gasteiger partial charge in [0, 0.05) is 31.9 Å². The van der Waals surface area contributed by atoms with Crippen LogP contribution in [-0.2, 0) is 29.2 Å². The molecule has 1 aromatic carbocycles. The number of thioether (sulfide) groups is 1. The second kappa shape index (κ2) is 11.1. The molecular weight excluding hydrogens is 491 g/mol. The van der Waals surface area contributed by atoms with E-state index < -0.39 is 45.7 Å². The number of halogens is 1. The molecule has 11 nitrogen and oxygen atoms in total. The molecule has 3 rings (SSSR count). The van der Waals surface area contributed by atoms with E-state index in [1.807, 2.05) is 0 Å². The number of hydrogen-bond donors (Lipinski definition) is 2. The van der Waals surface area contributed by atoms with Gasteiger partial charge in [-0.1, -0.05) is 0 Å². The fourth-order valence-electron chi connectivity index (χ4n) is 3.73. The van der Waals surface area contributed by atoms with Crippen LogP contribution >= 0.6 is 11.8 Å². The predicted molar refractivity (Wildman–Crippen MR) is 117 cm³/mol. The third-order valence-electron chi connectivity index (χ3n) is 5.45. The van der Waals surface area contributed by atoms with Gasteiger partial charge in [0.1, 0.15) is 17.9 Å². The summed E-state index contributed by atoms with van der Waals surface area (Å²) in [5.74, 6) is -4.10. The van der Waals surface area contributed by atoms with Crippen molar-refractivity contribution in [2.24, 2.45) is 0 Å². The van der Waals surface area contributed by atoms with E-state index >= 15 is 0 Å². The van der Waals surface area contributed by atoms with Crippen molar-refractivity contribution in [3.8, 4) is 0 Å². The number of piperidine rings is 1. The van der Waals surface area contributed by atoms with Crippen LogP contribution in [0.25, 0.3) is 0 Å². The van der Waals surface area contributed by atoms with E-state index in [1.54, 1.807) is 0 Å². The highest BCUT2D eigenvalue weighted by atomic mass is 32.2. The minimum atomic E-state index is -4.23. The first-order valence-electron chi connectivity index (χ1n) is 10.5. The number of carbonyl (C=O) groups excluding carboxylic acids is 4. The standard InChI is InChI=1S/C20H25FN4O7S2/c21-13-3-5-14(6-4-13)34(31,32)25-9-8-24(17(26)11-33-12-18(27)28)10-16(25)20(30)23-15-2-1-7-22-19(15)29/h3-6,15-16H,1-2,7-12H2,(H,22,29)(H,23,30)(H,27,28)/p-1. The number of benzene rings is 1. The Balaban J connectivity index is 1.81. The Morgan fingerprint density at radius 1 is 1.18 bits per heavy atom. The summed E-state index contributed by atoms with van der Waals surface area (Å²) in [7, 11) is -4.23. The average Bonchev–Trinajstić information content (AvgIpc) is 2.80. The van der Waals surface area contributed by atoms with Gasteiger partial charge in [-0.15, -0.1) is 11.8 Å². The summed E-state index contributed by atoms with van der Waals surface area (Å²) >= 11 is 0.832. The van der Waals surface area contributed by atoms with E-state index in [-0.39, 0.29) is 41.9 Å². The van der Waals surface area contributed by atoms with Crippen LogP contribution in [0.1, 0.15) is 12.8 Å². The summed E-state index contributed by atoms with van der Waals surface area (Å²) < 4.78 is 40.8. The number of nitrogens with zero attached hydrogens (tertiary/aromatic N) is 2. The van der Waals surface area contributed by atoms with E-state index in [2.05, 4.69) is 10.6 Å². The van der Waals surface area contributed by atoms with Gasteiger partial charge < -0.3 is 25.4 Å². The first kappa shape index (κ1) is 25.9. The van der Waals surface area contributed by atoms with E-state index in [4.69, 9.17) is 0 Å². The highest BCUT2D eigenvalue weighted by Gasteiger charge is 2.42. The van der Waals surface area contributed by atoms with Gasteiger partial charge >= 0.3 is 0 Å². The lowest BCUT2D eigenvalue weighted by atomic mass is 10.1. The van der Waals surface area contributed by atoms with Gasteiger partial charge in [0.15, 0.2) is 0 Å². The lowest BCUT2D eigenvalue weighted by molar-refractivity contribution is -0.301. The second-order valence-corrected chi connectivity index (χ2v) is 10.7. The van der Waals surface area contributed by atoms with Crippen LogP contribution < -0.4 is 15.7 Å². The molecule has 2 fully saturated rings. The molecule has 2 saturated heterocycles. The van der Waals surface area contributed by atoms with Crippen LogP contribution in [0.3, 0.4) is 0 Å². The lowest BCUT2D eigenvalue weighted by Crippen LogP contribution is -2.63. The second-order valence-electron chi connectivity index (χ2n) is 7.78. The molecule has 2 aliphatic rings. The van der Waals surface area contributed by atoms with Crippen molar-refractivity contribution in [3.05, 3.63) is 30.1 Å². The molecule has 0 radical (unpaired) electrons. The fraction of sp³-hybridized carbons (Fsp3) is 0.500. The highest BCUT2D eigenvalue weighted by molar-refractivity contribution is 8.00. The van der Waals surface area contributed by atoms with Crippen LogP contribution in [0, 0.1) is 5.82 Å². The van der Waals surface area contributed by atoms with E-state index in [0.29, 0.717) is 19.4 Å². The Bertz CT molecular complexity index is 1050. The molecule has 2 aliphatic heterocycles. The third-order valence-corrected chi connectivity index (χ3v) is 8.27. The Kier molecular flexibility index (Phi) is 8.49. The van der Waals surface area contributed by atoms with Crippen LogP contribution in [-0.4, -0.2) is 91.1 Å². The van der Waals surface area contributed by atoms with Gasteiger partial charge in [-0.2, -0.15) is 4.31 Å². The zero-order valence-electron chi connectivity index (χ0n) is 18.1. The van der Waals surface area contributed by atoms with Gasteiger partial charge in [-0.25, -0.2) is 12.8 Å². The maximum atomic E-state index is 13.3. The van der Waals surface area contributed by atoms with Crippen molar-refractivity contribution in [2.75, 3.05) is 37.7 Å². The van der Waals surface area contributed by atoms with Crippen LogP contribution in [0.5, 0.6) is 0 Å². The maximum Gasteiger partial charge on any atom is 0.243 e. The molecule has 0 aromatic heterocycles. The summed E-state index contributed by atoms with van der Waals surface area (Å²) in [5, 5.41) is 15.8. The van der Waals surface area contributed by atoms with Crippen LogP contribution in [0.4, 0.5) is 4.39 Å². The molecule has 14 heteroatoms. The molecule has 3 amide bonds. The van der Waals surface area contributed by atoms with Crippen molar-refractivity contribution in [1.29, 1.82) is 0 Å². The van der Waals surface area contributed by atoms with Gasteiger partial charge in [-0.05, 0) is 37.1 Å². The maximum absolute atomic E-state index is 13.3. The monoisotopic (exact) mass is 515 g/mol. The normalized spacial score (nSPS) is 21.6. The van der Waals surface area contributed by atoms with Gasteiger partial charge in [0.2, 0.25) is 27.7 Å². The van der Waals surface area contributed by atoms with Crippen molar-refractivity contribution < 1.29 is 37.1 Å². The Labute approximate surface area is 200 Å². The third kappa shape index (κ3) is 6.24. The zero-order valence-corrected chi connectivity index (χ0v) is 19.7. The lowest BCUT2D eigenvalue weighted by Gasteiger charge is -2.40. The highest BCUT2D eigenvalue weighted by Crippen LogP contribution is 2.23. The SMILES string of the molecule is O=C([O-])CSCC(=O)N1CCN(S(=O)(=O)c2ccc(F)cc2)C(C(=O)NC2CCCNC2=O)C1. The van der Waals surface area contributed by atoms with Crippen LogP contribution in [0.15, 0.2) is 29.2 Å². The van der Waals surface area contributed by atoms with E-state index in [1.165, 1.54) is 4.90 Å². The Hall–Kier alpha value is -2.71. The molecule has 2 N–H and O–H groups in total. The summed E-state index contributed by atoms with van der Waals surface area (Å²) in [6.45, 7) is -0.0544. The zero-order chi connectivity index (χ0) is 24.9. The van der Waals surface area contributed by atoms with Gasteiger partial charge in [0.05, 0.1) is 16.6 Å². The summed E-state index contributed by atoms with van der Waals surface area (Å²) in [6, 6.07) is 1.98. The number of carboxylic acid groups (broad SMARTS) is 1. The molecule has 0 spiro atoms. The summed E-state index contributed by atoms with van der Waals surface area (Å²) in [6.07, 6.45) is 1.02. The van der Waals surface area contributed by atoms with E-state index in [0.717, 1.165) is 40.3 Å². The van der Waals surface area contributed by atoms with Crippen molar-refractivity contribution in [3.63, 3.8) is 0 Å². The molecule has 0 aliphatic carbocycles. The van der Waals surface area contributed by atoms with Crippen molar-refractivity contribution in [1.82, 2.24) is 19.8 Å². The fourth-order valence-corrected chi connectivity index (χ4v) is 5.92. The molecule has 1 aromatic rings.